The summed E-state index contributed by atoms with van der Waals surface area (Å²) in [5.41, 5.74) is 1.84. The maximum Gasteiger partial charge on any atom is 0.317 e. The van der Waals surface area contributed by atoms with E-state index in [0.717, 1.165) is 44.5 Å². The predicted molar refractivity (Wildman–Crippen MR) is 146 cm³/mol. The van der Waals surface area contributed by atoms with Crippen molar-refractivity contribution in [2.45, 2.75) is 58.2 Å². The van der Waals surface area contributed by atoms with Crippen molar-refractivity contribution in [2.75, 3.05) is 51.3 Å². The Hall–Kier alpha value is -2.78. The molecular weight excluding hydrogens is 483 g/mol. The van der Waals surface area contributed by atoms with E-state index in [2.05, 4.69) is 45.9 Å². The van der Waals surface area contributed by atoms with Crippen molar-refractivity contribution < 1.29 is 13.9 Å². The molecule has 4 aliphatic heterocycles. The summed E-state index contributed by atoms with van der Waals surface area (Å²) in [6, 6.07) is 7.63. The Morgan fingerprint density at radius 3 is 2.58 bits per heavy atom. The van der Waals surface area contributed by atoms with E-state index in [-0.39, 0.29) is 29.2 Å². The van der Waals surface area contributed by atoms with Gasteiger partial charge in [0.15, 0.2) is 5.82 Å². The van der Waals surface area contributed by atoms with Gasteiger partial charge in [-0.15, -0.1) is 0 Å². The summed E-state index contributed by atoms with van der Waals surface area (Å²) in [7, 11) is 1.65. The molecule has 9 heteroatoms. The summed E-state index contributed by atoms with van der Waals surface area (Å²) in [6.45, 7) is 12.1. The van der Waals surface area contributed by atoms with E-state index in [1.165, 1.54) is 6.20 Å². The van der Waals surface area contributed by atoms with Crippen molar-refractivity contribution in [3.63, 3.8) is 0 Å². The number of nitrogens with zero attached hydrogens (tertiary/aromatic N) is 5. The molecule has 38 heavy (non-hydrogen) atoms. The number of carbonyl (C=O) groups is 1. The third kappa shape index (κ3) is 5.50. The van der Waals surface area contributed by atoms with E-state index in [1.54, 1.807) is 7.11 Å². The molecule has 1 N–H and O–H groups in total. The second kappa shape index (κ2) is 11.1. The van der Waals surface area contributed by atoms with Crippen molar-refractivity contribution in [3.8, 4) is 11.3 Å². The van der Waals surface area contributed by atoms with Gasteiger partial charge in [-0.2, -0.15) is 0 Å². The van der Waals surface area contributed by atoms with E-state index >= 15 is 0 Å². The van der Waals surface area contributed by atoms with Gasteiger partial charge < -0.3 is 24.8 Å². The first-order valence-corrected chi connectivity index (χ1v) is 13.9. The molecule has 5 heterocycles. The van der Waals surface area contributed by atoms with Crippen molar-refractivity contribution in [1.82, 2.24) is 25.1 Å². The van der Waals surface area contributed by atoms with Gasteiger partial charge in [0.05, 0.1) is 18.8 Å². The van der Waals surface area contributed by atoms with Crippen molar-refractivity contribution in [2.24, 2.45) is 11.8 Å². The van der Waals surface area contributed by atoms with E-state index in [1.807, 2.05) is 29.2 Å². The normalized spacial score (nSPS) is 27.5. The highest BCUT2D eigenvalue weighted by atomic mass is 19.1. The standard InChI is InChI=1S/C29H41FN6O2/c1-20(2)25-18-35(28(37)33-29(3)11-14-34-12-9-23(29)10-13-34)15-16-36(25)27-31-17-24(30)26(32-27)22-7-5-21(6-8-22)19-38-4/h5-8,17,20,23,25H,9-16,18-19H2,1-4H3,(H,33,37). The fourth-order valence-electron chi connectivity index (χ4n) is 6.31. The molecule has 206 valence electrons. The maximum atomic E-state index is 14.8. The SMILES string of the molecule is COCc1ccc(-c2nc(N3CCN(C(=O)NC4(C)CCN5CCC4CC5)CC3C(C)C)ncc2F)cc1. The van der Waals surface area contributed by atoms with E-state index < -0.39 is 5.82 Å². The lowest BCUT2D eigenvalue weighted by Crippen LogP contribution is -2.62. The highest BCUT2D eigenvalue weighted by Gasteiger charge is 2.42. The van der Waals surface area contributed by atoms with Crippen LogP contribution in [0, 0.1) is 17.7 Å². The minimum absolute atomic E-state index is 0.0232. The molecule has 8 nitrogen and oxygen atoms in total. The Bertz CT molecular complexity index is 1120. The van der Waals surface area contributed by atoms with Gasteiger partial charge in [0.1, 0.15) is 5.69 Å². The molecule has 4 aliphatic rings. The van der Waals surface area contributed by atoms with Crippen LogP contribution in [0.3, 0.4) is 0 Å². The number of piperazine rings is 1. The fraction of sp³-hybridized carbons (Fsp3) is 0.621. The molecule has 2 amide bonds. The smallest absolute Gasteiger partial charge is 0.317 e. The highest BCUT2D eigenvalue weighted by molar-refractivity contribution is 5.75. The predicted octanol–water partition coefficient (Wildman–Crippen LogP) is 4.16. The molecule has 0 spiro atoms. The van der Waals surface area contributed by atoms with Crippen LogP contribution in [0.5, 0.6) is 0 Å². The first-order valence-electron chi connectivity index (χ1n) is 13.9. The number of ether oxygens (including phenoxy) is 1. The molecule has 2 unspecified atom stereocenters. The number of nitrogens with one attached hydrogen (secondary N) is 1. The zero-order chi connectivity index (χ0) is 26.9. The summed E-state index contributed by atoms with van der Waals surface area (Å²) in [6.07, 6.45) is 4.56. The lowest BCUT2D eigenvalue weighted by atomic mass is 9.79. The quantitative estimate of drug-likeness (QED) is 0.612. The molecule has 4 fully saturated rings. The number of methoxy groups -OCH3 is 1. The third-order valence-corrected chi connectivity index (χ3v) is 8.83. The summed E-state index contributed by atoms with van der Waals surface area (Å²) >= 11 is 0. The zero-order valence-corrected chi connectivity index (χ0v) is 23.1. The van der Waals surface area contributed by atoms with Gasteiger partial charge in [-0.25, -0.2) is 19.2 Å². The molecule has 1 aromatic carbocycles. The van der Waals surface area contributed by atoms with Gasteiger partial charge in [0.25, 0.3) is 0 Å². The second-order valence-corrected chi connectivity index (χ2v) is 11.7. The fourth-order valence-corrected chi connectivity index (χ4v) is 6.31. The number of benzene rings is 1. The summed E-state index contributed by atoms with van der Waals surface area (Å²) in [4.78, 5) is 29.2. The molecular formula is C29H41FN6O2. The molecule has 0 saturated carbocycles. The Morgan fingerprint density at radius 1 is 1.16 bits per heavy atom. The van der Waals surface area contributed by atoms with E-state index in [9.17, 15) is 9.18 Å². The number of rotatable bonds is 6. The summed E-state index contributed by atoms with van der Waals surface area (Å²) < 4.78 is 20.0. The van der Waals surface area contributed by atoms with Crippen LogP contribution in [0.15, 0.2) is 30.5 Å². The number of halogens is 1. The van der Waals surface area contributed by atoms with Crippen LogP contribution in [0.1, 0.15) is 45.6 Å². The van der Waals surface area contributed by atoms with Crippen LogP contribution >= 0.6 is 0 Å². The number of aromatic nitrogens is 2. The minimum Gasteiger partial charge on any atom is -0.380 e. The van der Waals surface area contributed by atoms with Crippen molar-refractivity contribution >= 4 is 12.0 Å². The molecule has 1 aromatic heterocycles. The topological polar surface area (TPSA) is 73.8 Å². The lowest BCUT2D eigenvalue weighted by molar-refractivity contribution is 0.144. The largest absolute Gasteiger partial charge is 0.380 e. The van der Waals surface area contributed by atoms with Gasteiger partial charge >= 0.3 is 6.03 Å². The zero-order valence-electron chi connectivity index (χ0n) is 23.1. The lowest BCUT2D eigenvalue weighted by Gasteiger charge is -2.45. The maximum absolute atomic E-state index is 14.8. The molecule has 4 saturated heterocycles. The van der Waals surface area contributed by atoms with E-state index in [0.29, 0.717) is 43.7 Å². The molecule has 2 aromatic rings. The molecule has 0 aliphatic carbocycles. The Kier molecular flexibility index (Phi) is 7.86. The number of piperidine rings is 1. The van der Waals surface area contributed by atoms with Gasteiger partial charge in [-0.1, -0.05) is 38.1 Å². The van der Waals surface area contributed by atoms with Gasteiger partial charge in [0, 0.05) is 44.4 Å². The van der Waals surface area contributed by atoms with Crippen LogP contribution in [-0.4, -0.2) is 83.8 Å². The van der Waals surface area contributed by atoms with Gasteiger partial charge in [0.2, 0.25) is 5.95 Å². The third-order valence-electron chi connectivity index (χ3n) is 8.83. The number of hydrogen-bond donors (Lipinski definition) is 1. The number of urea groups is 1. The number of hydrogen-bond acceptors (Lipinski definition) is 6. The highest BCUT2D eigenvalue weighted by Crippen LogP contribution is 2.35. The van der Waals surface area contributed by atoms with Crippen molar-refractivity contribution in [3.05, 3.63) is 41.8 Å². The van der Waals surface area contributed by atoms with Crippen LogP contribution in [-0.2, 0) is 11.3 Å². The minimum atomic E-state index is -0.450. The van der Waals surface area contributed by atoms with Gasteiger partial charge in [-0.05, 0) is 56.7 Å². The summed E-state index contributed by atoms with van der Waals surface area (Å²) in [5.74, 6) is 0.840. The number of carbonyl (C=O) groups excluding carboxylic acids is 1. The number of fused-ring (bicyclic) bond motifs is 4. The van der Waals surface area contributed by atoms with Crippen molar-refractivity contribution in [1.29, 1.82) is 0 Å². The monoisotopic (exact) mass is 524 g/mol. The Balaban J connectivity index is 1.31. The van der Waals surface area contributed by atoms with Crippen LogP contribution < -0.4 is 10.2 Å². The second-order valence-electron chi connectivity index (χ2n) is 11.7. The number of anilines is 1. The number of amides is 2. The van der Waals surface area contributed by atoms with Gasteiger partial charge in [-0.3, -0.25) is 0 Å². The first kappa shape index (κ1) is 26.8. The average molecular weight is 525 g/mol. The Labute approximate surface area is 225 Å². The van der Waals surface area contributed by atoms with Crippen LogP contribution in [0.2, 0.25) is 0 Å². The molecule has 0 radical (unpaired) electrons. The molecule has 6 rings (SSSR count). The molecule has 2 bridgehead atoms. The van der Waals surface area contributed by atoms with Crippen LogP contribution in [0.25, 0.3) is 11.3 Å². The average Bonchev–Trinajstić information content (AvgIpc) is 3.17. The Morgan fingerprint density at radius 2 is 1.89 bits per heavy atom. The van der Waals surface area contributed by atoms with E-state index in [4.69, 9.17) is 4.74 Å². The molecule has 2 atom stereocenters. The first-order chi connectivity index (χ1) is 18.3. The van der Waals surface area contributed by atoms with Crippen LogP contribution in [0.4, 0.5) is 15.1 Å². The summed E-state index contributed by atoms with van der Waals surface area (Å²) in [5, 5.41) is 3.45.